The number of aryl methyl sites for hydroxylation is 1. The second-order valence-electron chi connectivity index (χ2n) is 3.45. The zero-order chi connectivity index (χ0) is 13.1. The van der Waals surface area contributed by atoms with Crippen LogP contribution in [0.2, 0.25) is 5.02 Å². The van der Waals surface area contributed by atoms with Gasteiger partial charge in [0.25, 0.3) is 0 Å². The molecule has 0 saturated heterocycles. The van der Waals surface area contributed by atoms with E-state index in [0.717, 1.165) is 11.3 Å². The number of carbonyl (C=O) groups excluding carboxylic acids is 1. The molecule has 18 heavy (non-hydrogen) atoms. The molecule has 0 fully saturated rings. The lowest BCUT2D eigenvalue weighted by atomic mass is 10.3. The van der Waals surface area contributed by atoms with Crippen molar-refractivity contribution < 1.29 is 9.53 Å². The van der Waals surface area contributed by atoms with Crippen LogP contribution < -0.4 is 15.8 Å². The van der Waals surface area contributed by atoms with E-state index in [1.54, 1.807) is 31.2 Å². The van der Waals surface area contributed by atoms with Crippen molar-refractivity contribution in [2.75, 3.05) is 11.1 Å². The van der Waals surface area contributed by atoms with Crippen molar-refractivity contribution in [1.82, 2.24) is 4.98 Å². The van der Waals surface area contributed by atoms with Gasteiger partial charge in [-0.3, -0.25) is 5.32 Å². The van der Waals surface area contributed by atoms with Crippen molar-refractivity contribution in [3.8, 4) is 5.06 Å². The molecule has 0 spiro atoms. The van der Waals surface area contributed by atoms with Crippen molar-refractivity contribution in [2.45, 2.75) is 6.92 Å². The summed E-state index contributed by atoms with van der Waals surface area (Å²) in [5, 5.41) is 3.83. The molecule has 0 aliphatic carbocycles. The summed E-state index contributed by atoms with van der Waals surface area (Å²) in [6, 6.07) is 6.78. The van der Waals surface area contributed by atoms with Crippen LogP contribution in [0.15, 0.2) is 24.3 Å². The van der Waals surface area contributed by atoms with Crippen molar-refractivity contribution in [3.05, 3.63) is 35.0 Å². The van der Waals surface area contributed by atoms with Crippen LogP contribution in [0.25, 0.3) is 0 Å². The molecule has 7 heteroatoms. The largest absolute Gasteiger partial charge is 0.417 e. The van der Waals surface area contributed by atoms with Gasteiger partial charge < -0.3 is 10.5 Å². The number of nitrogen functional groups attached to an aromatic ring is 1. The Labute approximate surface area is 113 Å². The second kappa shape index (κ2) is 5.24. The van der Waals surface area contributed by atoms with Gasteiger partial charge in [0.1, 0.15) is 0 Å². The number of aromatic nitrogens is 1. The fraction of sp³-hybridized carbons (Fsp3) is 0.0909. The number of nitrogens with one attached hydrogen (secondary N) is 1. The number of hydrogen-bond donors (Lipinski definition) is 2. The summed E-state index contributed by atoms with van der Waals surface area (Å²) in [5.41, 5.74) is 6.65. The van der Waals surface area contributed by atoms with E-state index in [1.807, 2.05) is 0 Å². The van der Waals surface area contributed by atoms with Crippen molar-refractivity contribution in [1.29, 1.82) is 0 Å². The van der Waals surface area contributed by atoms with E-state index >= 15 is 0 Å². The van der Waals surface area contributed by atoms with Crippen LogP contribution in [0.1, 0.15) is 5.69 Å². The van der Waals surface area contributed by atoms with E-state index in [1.165, 1.54) is 0 Å². The molecular formula is C11H10ClN3O2S. The lowest BCUT2D eigenvalue weighted by Gasteiger charge is -2.05. The predicted molar refractivity (Wildman–Crippen MR) is 72.4 cm³/mol. The second-order valence-corrected chi connectivity index (χ2v) is 4.88. The summed E-state index contributed by atoms with van der Waals surface area (Å²) in [6.07, 6.45) is -0.607. The molecule has 0 atom stereocenters. The van der Waals surface area contributed by atoms with E-state index < -0.39 is 6.09 Å². The number of hydrogen-bond acceptors (Lipinski definition) is 5. The molecule has 0 aliphatic rings. The first kappa shape index (κ1) is 12.7. The number of halogens is 1. The fourth-order valence-corrected chi connectivity index (χ4v) is 2.16. The van der Waals surface area contributed by atoms with Gasteiger partial charge in [0.05, 0.1) is 5.69 Å². The maximum Gasteiger partial charge on any atom is 0.417 e. The van der Waals surface area contributed by atoms with Crippen molar-refractivity contribution >= 4 is 39.8 Å². The highest BCUT2D eigenvalue weighted by atomic mass is 35.5. The minimum atomic E-state index is -0.607. The van der Waals surface area contributed by atoms with E-state index in [2.05, 4.69) is 10.3 Å². The van der Waals surface area contributed by atoms with E-state index in [4.69, 9.17) is 22.1 Å². The van der Waals surface area contributed by atoms with Gasteiger partial charge in [0.15, 0.2) is 5.13 Å². The number of nitrogens with two attached hydrogens (primary N) is 1. The summed E-state index contributed by atoms with van der Waals surface area (Å²) in [6.45, 7) is 1.72. The Bertz CT molecular complexity index is 585. The number of thiazole rings is 1. The first-order valence-electron chi connectivity index (χ1n) is 5.02. The Morgan fingerprint density at radius 2 is 2.33 bits per heavy atom. The molecule has 0 saturated carbocycles. The molecule has 0 bridgehead atoms. The first-order valence-corrected chi connectivity index (χ1v) is 6.21. The molecule has 2 aromatic rings. The normalized spacial score (nSPS) is 10.1. The molecule has 5 nitrogen and oxygen atoms in total. The van der Waals surface area contributed by atoms with E-state index in [9.17, 15) is 4.79 Å². The first-order chi connectivity index (χ1) is 8.54. The van der Waals surface area contributed by atoms with Crippen LogP contribution in [0.5, 0.6) is 5.06 Å². The third-order valence-electron chi connectivity index (χ3n) is 2.03. The Hall–Kier alpha value is -1.79. The van der Waals surface area contributed by atoms with Crippen LogP contribution in [0.4, 0.5) is 15.6 Å². The predicted octanol–water partition coefficient (Wildman–Crippen LogP) is 3.30. The van der Waals surface area contributed by atoms with Crippen LogP contribution in [0.3, 0.4) is 0 Å². The van der Waals surface area contributed by atoms with Crippen molar-refractivity contribution in [3.63, 3.8) is 0 Å². The van der Waals surface area contributed by atoms with Gasteiger partial charge in [-0.25, -0.2) is 9.78 Å². The molecule has 1 aromatic heterocycles. The molecule has 2 rings (SSSR count). The van der Waals surface area contributed by atoms with E-state index in [0.29, 0.717) is 26.6 Å². The third-order valence-corrected chi connectivity index (χ3v) is 3.13. The maximum absolute atomic E-state index is 11.6. The molecule has 3 N–H and O–H groups in total. The minimum absolute atomic E-state index is 0.359. The summed E-state index contributed by atoms with van der Waals surface area (Å²) in [7, 11) is 0. The molecule has 1 amide bonds. The number of amides is 1. The Morgan fingerprint density at radius 1 is 1.56 bits per heavy atom. The number of rotatable bonds is 2. The molecule has 0 aliphatic heterocycles. The van der Waals surface area contributed by atoms with Gasteiger partial charge >= 0.3 is 6.09 Å². The highest BCUT2D eigenvalue weighted by Gasteiger charge is 2.11. The molecule has 1 heterocycles. The lowest BCUT2D eigenvalue weighted by Crippen LogP contribution is -2.16. The Kier molecular flexibility index (Phi) is 3.69. The quantitative estimate of drug-likeness (QED) is 0.886. The van der Waals surface area contributed by atoms with Gasteiger partial charge in [-0.15, -0.1) is 0 Å². The number of carbonyl (C=O) groups is 1. The number of benzene rings is 1. The summed E-state index contributed by atoms with van der Waals surface area (Å²) in [5.74, 6) is 0. The fourth-order valence-electron chi connectivity index (χ4n) is 1.29. The minimum Gasteiger partial charge on any atom is -0.397 e. The smallest absolute Gasteiger partial charge is 0.397 e. The maximum atomic E-state index is 11.6. The van der Waals surface area contributed by atoms with Gasteiger partial charge in [-0.1, -0.05) is 29.0 Å². The van der Waals surface area contributed by atoms with Gasteiger partial charge in [-0.05, 0) is 25.1 Å². The van der Waals surface area contributed by atoms with Crippen LogP contribution in [0, 0.1) is 6.92 Å². The molecule has 1 aromatic carbocycles. The zero-order valence-electron chi connectivity index (χ0n) is 9.44. The van der Waals surface area contributed by atoms with E-state index in [-0.39, 0.29) is 0 Å². The average molecular weight is 284 g/mol. The number of ether oxygens (including phenoxy) is 1. The van der Waals surface area contributed by atoms with Crippen LogP contribution in [-0.4, -0.2) is 11.1 Å². The summed E-state index contributed by atoms with van der Waals surface area (Å²) >= 11 is 6.91. The standard InChI is InChI=1S/C11H10ClN3O2S/c1-6-9(18-10(13)14-6)17-11(16)15-8-4-2-3-7(12)5-8/h2-5H,1H3,(H2,13,14)(H,15,16). The SMILES string of the molecule is Cc1nc(N)sc1OC(=O)Nc1cccc(Cl)c1. The monoisotopic (exact) mass is 283 g/mol. The average Bonchev–Trinajstić information content (AvgIpc) is 2.57. The van der Waals surface area contributed by atoms with Gasteiger partial charge in [0.2, 0.25) is 5.06 Å². The Morgan fingerprint density at radius 3 is 2.94 bits per heavy atom. The summed E-state index contributed by atoms with van der Waals surface area (Å²) in [4.78, 5) is 15.6. The third kappa shape index (κ3) is 3.12. The highest BCUT2D eigenvalue weighted by molar-refractivity contribution is 7.17. The Balaban J connectivity index is 2.03. The number of nitrogens with zero attached hydrogens (tertiary/aromatic N) is 1. The molecular weight excluding hydrogens is 274 g/mol. The lowest BCUT2D eigenvalue weighted by molar-refractivity contribution is 0.216. The van der Waals surface area contributed by atoms with Crippen LogP contribution >= 0.6 is 22.9 Å². The number of anilines is 2. The summed E-state index contributed by atoms with van der Waals surface area (Å²) < 4.78 is 5.09. The van der Waals surface area contributed by atoms with Crippen molar-refractivity contribution in [2.24, 2.45) is 0 Å². The molecule has 94 valence electrons. The zero-order valence-corrected chi connectivity index (χ0v) is 11.0. The highest BCUT2D eigenvalue weighted by Crippen LogP contribution is 2.28. The van der Waals surface area contributed by atoms with Gasteiger partial charge in [0, 0.05) is 10.7 Å². The topological polar surface area (TPSA) is 77.2 Å². The molecule has 0 radical (unpaired) electrons. The van der Waals surface area contributed by atoms with Gasteiger partial charge in [-0.2, -0.15) is 0 Å². The molecule has 0 unspecified atom stereocenters. The van der Waals surface area contributed by atoms with Crippen LogP contribution in [-0.2, 0) is 0 Å².